The summed E-state index contributed by atoms with van der Waals surface area (Å²) in [7, 11) is 0. The van der Waals surface area contributed by atoms with E-state index < -0.39 is 5.72 Å². The summed E-state index contributed by atoms with van der Waals surface area (Å²) < 4.78 is 6.92. The van der Waals surface area contributed by atoms with Crippen molar-refractivity contribution in [1.29, 1.82) is 0 Å². The Labute approximate surface area is 157 Å². The largest absolute Gasteiger partial charge is 0.442 e. The molecule has 1 amide bonds. The van der Waals surface area contributed by atoms with Crippen LogP contribution in [0.2, 0.25) is 10.2 Å². The molecule has 0 fully saturated rings. The van der Waals surface area contributed by atoms with Gasteiger partial charge in [-0.25, -0.2) is 4.98 Å². The van der Waals surface area contributed by atoms with E-state index in [0.29, 0.717) is 5.02 Å². The molecule has 1 aromatic carbocycles. The number of benzene rings is 1. The van der Waals surface area contributed by atoms with Gasteiger partial charge >= 0.3 is 0 Å². The average molecular weight is 429 g/mol. The minimum Gasteiger partial charge on any atom is -0.442 e. The predicted octanol–water partition coefficient (Wildman–Crippen LogP) is 4.56. The van der Waals surface area contributed by atoms with Crippen LogP contribution in [-0.2, 0) is 15.3 Å². The summed E-state index contributed by atoms with van der Waals surface area (Å²) in [5.41, 5.74) is -0.0519. The van der Waals surface area contributed by atoms with Crippen molar-refractivity contribution in [2.75, 3.05) is 0 Å². The van der Waals surface area contributed by atoms with Crippen LogP contribution in [0.5, 0.6) is 0 Å². The van der Waals surface area contributed by atoms with Crippen molar-refractivity contribution in [3.63, 3.8) is 0 Å². The number of amides is 1. The first-order valence-electron chi connectivity index (χ1n) is 6.98. The van der Waals surface area contributed by atoms with Crippen LogP contribution < -0.4 is 0 Å². The Kier molecular flexibility index (Phi) is 4.55. The number of aromatic nitrogens is 1. The molecular formula is C16H12BrCl2N3O2. The average Bonchev–Trinajstić information content (AvgIpc) is 2.89. The number of carbonyl (C=O) groups excluding carboxylic acids is 1. The molecule has 0 saturated heterocycles. The highest BCUT2D eigenvalue weighted by Gasteiger charge is 2.45. The molecule has 0 N–H and O–H groups in total. The molecule has 1 aliphatic rings. The second-order valence-corrected chi connectivity index (χ2v) is 7.00. The molecule has 2 aromatic rings. The van der Waals surface area contributed by atoms with Gasteiger partial charge in [0.1, 0.15) is 10.8 Å². The number of hydrogen-bond donors (Lipinski definition) is 0. The molecule has 1 aliphatic heterocycles. The predicted molar refractivity (Wildman–Crippen MR) is 95.9 cm³/mol. The quantitative estimate of drug-likeness (QED) is 0.658. The topological polar surface area (TPSA) is 54.8 Å². The third kappa shape index (κ3) is 3.01. The smallest absolute Gasteiger partial charge is 0.261 e. The van der Waals surface area contributed by atoms with Crippen LogP contribution in [0, 0.1) is 0 Å². The fraction of sp³-hybridized carbons (Fsp3) is 0.188. The molecule has 0 saturated carbocycles. The molecule has 5 nitrogen and oxygen atoms in total. The summed E-state index contributed by atoms with van der Waals surface area (Å²) in [6.45, 7) is 3.17. The Morgan fingerprint density at radius 3 is 2.50 bits per heavy atom. The van der Waals surface area contributed by atoms with Crippen molar-refractivity contribution in [2.24, 2.45) is 5.10 Å². The van der Waals surface area contributed by atoms with Crippen molar-refractivity contribution in [3.05, 3.63) is 62.3 Å². The first-order valence-corrected chi connectivity index (χ1v) is 8.53. The number of hydrazone groups is 1. The van der Waals surface area contributed by atoms with Crippen molar-refractivity contribution in [1.82, 2.24) is 9.99 Å². The molecule has 0 unspecified atom stereocenters. The third-order valence-corrected chi connectivity index (χ3v) is 4.63. The highest BCUT2D eigenvalue weighted by atomic mass is 79.9. The number of ether oxygens (including phenoxy) is 1. The highest BCUT2D eigenvalue weighted by Crippen LogP contribution is 2.37. The number of nitrogens with zero attached hydrogens (tertiary/aromatic N) is 3. The SMILES string of the molecule is CC(=O)N1N=C(c2nc(Cl)ccc2Cl)O[C@]1(C)c1ccc(Br)cc1. The second kappa shape index (κ2) is 6.35. The van der Waals surface area contributed by atoms with Crippen LogP contribution >= 0.6 is 39.1 Å². The molecule has 0 aliphatic carbocycles. The van der Waals surface area contributed by atoms with E-state index in [0.717, 1.165) is 10.0 Å². The summed E-state index contributed by atoms with van der Waals surface area (Å²) in [5.74, 6) is -0.128. The molecule has 8 heteroatoms. The molecule has 0 radical (unpaired) electrons. The van der Waals surface area contributed by atoms with Gasteiger partial charge < -0.3 is 4.74 Å². The maximum Gasteiger partial charge on any atom is 0.261 e. The van der Waals surface area contributed by atoms with Gasteiger partial charge in [0, 0.05) is 23.9 Å². The van der Waals surface area contributed by atoms with E-state index in [4.69, 9.17) is 27.9 Å². The minimum atomic E-state index is -1.10. The van der Waals surface area contributed by atoms with Gasteiger partial charge in [0.05, 0.1) is 5.02 Å². The first kappa shape index (κ1) is 17.2. The lowest BCUT2D eigenvalue weighted by Crippen LogP contribution is -2.41. The van der Waals surface area contributed by atoms with Crippen LogP contribution in [0.4, 0.5) is 0 Å². The van der Waals surface area contributed by atoms with E-state index in [9.17, 15) is 4.79 Å². The Hall–Kier alpha value is -1.63. The van der Waals surface area contributed by atoms with Gasteiger partial charge in [-0.15, -0.1) is 5.10 Å². The molecule has 1 atom stereocenters. The van der Waals surface area contributed by atoms with Gasteiger partial charge in [-0.3, -0.25) is 4.79 Å². The maximum absolute atomic E-state index is 12.1. The van der Waals surface area contributed by atoms with Gasteiger partial charge in [0.25, 0.3) is 5.90 Å². The lowest BCUT2D eigenvalue weighted by atomic mass is 10.0. The lowest BCUT2D eigenvalue weighted by molar-refractivity contribution is -0.146. The molecule has 24 heavy (non-hydrogen) atoms. The van der Waals surface area contributed by atoms with E-state index >= 15 is 0 Å². The number of halogens is 3. The zero-order chi connectivity index (χ0) is 17.5. The Morgan fingerprint density at radius 2 is 1.88 bits per heavy atom. The molecule has 2 heterocycles. The first-order chi connectivity index (χ1) is 11.3. The fourth-order valence-electron chi connectivity index (χ4n) is 2.41. The normalized spacial score (nSPS) is 19.9. The van der Waals surface area contributed by atoms with Gasteiger partial charge in [0.2, 0.25) is 11.6 Å². The van der Waals surface area contributed by atoms with E-state index in [1.54, 1.807) is 19.1 Å². The summed E-state index contributed by atoms with van der Waals surface area (Å²) >= 11 is 15.5. The summed E-state index contributed by atoms with van der Waals surface area (Å²) in [6, 6.07) is 10.6. The monoisotopic (exact) mass is 427 g/mol. The number of pyridine rings is 1. The van der Waals surface area contributed by atoms with Crippen molar-refractivity contribution >= 4 is 50.9 Å². The molecule has 0 bridgehead atoms. The molecule has 0 spiro atoms. The number of hydrogen-bond acceptors (Lipinski definition) is 4. The van der Waals surface area contributed by atoms with Gasteiger partial charge in [-0.1, -0.05) is 51.3 Å². The zero-order valence-corrected chi connectivity index (χ0v) is 15.9. The van der Waals surface area contributed by atoms with Gasteiger partial charge in [-0.2, -0.15) is 5.01 Å². The standard InChI is InChI=1S/C16H12BrCl2N3O2/c1-9(23)22-16(2,10-3-5-11(17)6-4-10)24-15(21-22)14-12(18)7-8-13(19)20-14/h3-8H,1-2H3/t16-/m1/s1. The third-order valence-electron chi connectivity index (χ3n) is 3.58. The zero-order valence-electron chi connectivity index (χ0n) is 12.8. The van der Waals surface area contributed by atoms with E-state index in [1.807, 2.05) is 24.3 Å². The molecule has 1 aromatic heterocycles. The van der Waals surface area contributed by atoms with Gasteiger partial charge in [-0.05, 0) is 24.3 Å². The Bertz CT molecular complexity index is 842. The van der Waals surface area contributed by atoms with E-state index in [-0.39, 0.29) is 22.7 Å². The van der Waals surface area contributed by atoms with E-state index in [1.165, 1.54) is 11.9 Å². The molecule has 3 rings (SSSR count). The highest BCUT2D eigenvalue weighted by molar-refractivity contribution is 9.10. The number of carbonyl (C=O) groups is 1. The van der Waals surface area contributed by atoms with Crippen LogP contribution in [0.3, 0.4) is 0 Å². The van der Waals surface area contributed by atoms with Crippen LogP contribution in [0.25, 0.3) is 0 Å². The Morgan fingerprint density at radius 1 is 1.21 bits per heavy atom. The van der Waals surface area contributed by atoms with E-state index in [2.05, 4.69) is 26.0 Å². The molecular weight excluding hydrogens is 417 g/mol. The lowest BCUT2D eigenvalue weighted by Gasteiger charge is -2.31. The molecule has 124 valence electrons. The van der Waals surface area contributed by atoms with Crippen molar-refractivity contribution in [2.45, 2.75) is 19.6 Å². The maximum atomic E-state index is 12.1. The second-order valence-electron chi connectivity index (χ2n) is 5.29. The van der Waals surface area contributed by atoms with Crippen molar-refractivity contribution < 1.29 is 9.53 Å². The summed E-state index contributed by atoms with van der Waals surface area (Å²) in [5, 5.41) is 6.13. The minimum absolute atomic E-state index is 0.142. The van der Waals surface area contributed by atoms with Crippen LogP contribution in [0.15, 0.2) is 46.0 Å². The number of rotatable bonds is 2. The van der Waals surface area contributed by atoms with Crippen molar-refractivity contribution in [3.8, 4) is 0 Å². The van der Waals surface area contributed by atoms with Crippen LogP contribution in [0.1, 0.15) is 25.1 Å². The Balaban J connectivity index is 2.07. The summed E-state index contributed by atoms with van der Waals surface area (Å²) in [6.07, 6.45) is 0. The summed E-state index contributed by atoms with van der Waals surface area (Å²) in [4.78, 5) is 16.2. The van der Waals surface area contributed by atoms with Gasteiger partial charge in [0.15, 0.2) is 0 Å². The van der Waals surface area contributed by atoms with Crippen LogP contribution in [-0.4, -0.2) is 21.8 Å². The fourth-order valence-corrected chi connectivity index (χ4v) is 3.01.